The van der Waals surface area contributed by atoms with E-state index in [2.05, 4.69) is 36.8 Å². The molecule has 0 N–H and O–H groups in total. The van der Waals surface area contributed by atoms with Gasteiger partial charge < -0.3 is 0 Å². The molecule has 14 heteroatoms. The number of sulfone groups is 1. The first-order valence-electron chi connectivity index (χ1n) is 6.72. The molecule has 1 aromatic carbocycles. The third-order valence-corrected chi connectivity index (χ3v) is 6.31. The van der Waals surface area contributed by atoms with Gasteiger partial charge in [-0.15, -0.1) is 0 Å². The van der Waals surface area contributed by atoms with Crippen molar-refractivity contribution in [3.05, 3.63) is 45.4 Å². The molecule has 0 amide bonds. The molecule has 2 aromatic rings. The zero-order chi connectivity index (χ0) is 21.7. The SMILES string of the molecule is O=S(=O)(c1cc(Br)cc(Br)c1-c1cccnc1F)C(F)(F)C(F)(F)C(F)(F)F. The van der Waals surface area contributed by atoms with Gasteiger partial charge in [-0.25, -0.2) is 13.4 Å². The van der Waals surface area contributed by atoms with Gasteiger partial charge in [0.1, 0.15) is 0 Å². The van der Waals surface area contributed by atoms with E-state index in [1.165, 1.54) is 0 Å². The second-order valence-electron chi connectivity index (χ2n) is 5.19. The third kappa shape index (κ3) is 3.54. The van der Waals surface area contributed by atoms with Gasteiger partial charge in [0.15, 0.2) is 0 Å². The second kappa shape index (κ2) is 7.20. The number of nitrogens with zero attached hydrogens (tertiary/aromatic N) is 1. The molecule has 0 aliphatic carbocycles. The standard InChI is InChI=1S/C14H5Br2F8NO2S/c15-6-4-8(16)10(7-2-1-3-25-11(7)17)9(5-6)28(26,27)14(23,24)12(18,19)13(20,21)22/h1-5H. The van der Waals surface area contributed by atoms with Crippen molar-refractivity contribution in [1.29, 1.82) is 0 Å². The van der Waals surface area contributed by atoms with Gasteiger partial charge in [-0.2, -0.15) is 35.1 Å². The Hall–Kier alpha value is -1.28. The predicted octanol–water partition coefficient (Wildman–Crippen LogP) is 5.98. The zero-order valence-electron chi connectivity index (χ0n) is 12.8. The van der Waals surface area contributed by atoms with Gasteiger partial charge in [-0.05, 0) is 24.3 Å². The van der Waals surface area contributed by atoms with Crippen LogP contribution in [-0.4, -0.2) is 30.8 Å². The van der Waals surface area contributed by atoms with E-state index in [1.54, 1.807) is 0 Å². The summed E-state index contributed by atoms with van der Waals surface area (Å²) >= 11 is 5.50. The Bertz CT molecular complexity index is 1020. The first kappa shape index (κ1) is 23.0. The highest BCUT2D eigenvalue weighted by Crippen LogP contribution is 2.52. The van der Waals surface area contributed by atoms with Crippen LogP contribution in [0.1, 0.15) is 0 Å². The van der Waals surface area contributed by atoms with Crippen molar-refractivity contribution in [1.82, 2.24) is 4.98 Å². The van der Waals surface area contributed by atoms with Crippen LogP contribution in [0.25, 0.3) is 11.1 Å². The van der Waals surface area contributed by atoms with Crippen LogP contribution in [0.4, 0.5) is 35.1 Å². The van der Waals surface area contributed by atoms with Crippen molar-refractivity contribution >= 4 is 41.7 Å². The topological polar surface area (TPSA) is 47.0 Å². The average molecular weight is 563 g/mol. The maximum atomic E-state index is 14.0. The van der Waals surface area contributed by atoms with Crippen molar-refractivity contribution in [2.24, 2.45) is 0 Å². The number of hydrogen-bond donors (Lipinski definition) is 0. The first-order valence-corrected chi connectivity index (χ1v) is 9.79. The summed E-state index contributed by atoms with van der Waals surface area (Å²) in [5.41, 5.74) is -1.61. The molecular formula is C14H5Br2F8NO2S. The van der Waals surface area contributed by atoms with Crippen LogP contribution in [-0.2, 0) is 9.84 Å². The highest BCUT2D eigenvalue weighted by molar-refractivity contribution is 9.11. The molecule has 0 bridgehead atoms. The van der Waals surface area contributed by atoms with E-state index in [0.29, 0.717) is 6.07 Å². The summed E-state index contributed by atoms with van der Waals surface area (Å²) in [5.74, 6) is -8.29. The Balaban J connectivity index is 2.90. The van der Waals surface area contributed by atoms with E-state index in [0.717, 1.165) is 24.4 Å². The molecule has 0 aliphatic heterocycles. The highest BCUT2D eigenvalue weighted by Gasteiger charge is 2.78. The van der Waals surface area contributed by atoms with Crippen LogP contribution in [0.3, 0.4) is 0 Å². The van der Waals surface area contributed by atoms with E-state index >= 15 is 0 Å². The van der Waals surface area contributed by atoms with E-state index in [9.17, 15) is 43.5 Å². The van der Waals surface area contributed by atoms with Gasteiger partial charge in [0.25, 0.3) is 9.84 Å². The average Bonchev–Trinajstić information content (AvgIpc) is 2.53. The molecule has 3 nitrogen and oxygen atoms in total. The fourth-order valence-corrected chi connectivity index (χ4v) is 5.29. The number of alkyl halides is 7. The van der Waals surface area contributed by atoms with Crippen molar-refractivity contribution in [3.63, 3.8) is 0 Å². The summed E-state index contributed by atoms with van der Waals surface area (Å²) in [7, 11) is -6.68. The summed E-state index contributed by atoms with van der Waals surface area (Å²) in [6.45, 7) is 0. The molecule has 1 heterocycles. The lowest BCUT2D eigenvalue weighted by atomic mass is 10.1. The normalized spacial score (nSPS) is 13.6. The van der Waals surface area contributed by atoms with Crippen LogP contribution in [0.5, 0.6) is 0 Å². The lowest BCUT2D eigenvalue weighted by molar-refractivity contribution is -0.332. The van der Waals surface area contributed by atoms with Gasteiger partial charge in [0.2, 0.25) is 5.95 Å². The van der Waals surface area contributed by atoms with Gasteiger partial charge >= 0.3 is 17.4 Å². The zero-order valence-corrected chi connectivity index (χ0v) is 16.8. The van der Waals surface area contributed by atoms with Crippen LogP contribution < -0.4 is 0 Å². The lowest BCUT2D eigenvalue weighted by Gasteiger charge is -2.28. The van der Waals surface area contributed by atoms with Crippen LogP contribution >= 0.6 is 31.9 Å². The molecule has 0 fully saturated rings. The van der Waals surface area contributed by atoms with Crippen LogP contribution in [0, 0.1) is 5.95 Å². The fourth-order valence-electron chi connectivity index (χ4n) is 2.07. The minimum atomic E-state index is -6.92. The smallest absolute Gasteiger partial charge is 0.228 e. The number of benzene rings is 1. The maximum absolute atomic E-state index is 14.0. The fraction of sp³-hybridized carbons (Fsp3) is 0.214. The highest BCUT2D eigenvalue weighted by atomic mass is 79.9. The summed E-state index contributed by atoms with van der Waals surface area (Å²) in [4.78, 5) is 1.52. The minimum absolute atomic E-state index is 0.267. The third-order valence-electron chi connectivity index (χ3n) is 3.40. The van der Waals surface area contributed by atoms with Gasteiger partial charge in [0.05, 0.1) is 4.90 Å². The Labute approximate surface area is 168 Å². The number of pyridine rings is 1. The molecule has 28 heavy (non-hydrogen) atoms. The molecular weight excluding hydrogens is 558 g/mol. The van der Waals surface area contributed by atoms with Crippen LogP contribution in [0.2, 0.25) is 0 Å². The van der Waals surface area contributed by atoms with Crippen LogP contribution in [0.15, 0.2) is 44.3 Å². The largest absolute Gasteiger partial charge is 0.461 e. The van der Waals surface area contributed by atoms with Gasteiger partial charge in [-0.3, -0.25) is 0 Å². The van der Waals surface area contributed by atoms with Crippen molar-refractivity contribution in [2.45, 2.75) is 22.2 Å². The molecule has 0 radical (unpaired) electrons. The van der Waals surface area contributed by atoms with E-state index in [4.69, 9.17) is 0 Å². The Morgan fingerprint density at radius 1 is 0.964 bits per heavy atom. The first-order chi connectivity index (χ1) is 12.6. The monoisotopic (exact) mass is 561 g/mol. The molecule has 0 saturated heterocycles. The molecule has 2 rings (SSSR count). The number of halogens is 10. The molecule has 1 aromatic heterocycles. The van der Waals surface area contributed by atoms with E-state index < -0.39 is 49.2 Å². The van der Waals surface area contributed by atoms with Gasteiger partial charge in [0, 0.05) is 26.3 Å². The lowest BCUT2D eigenvalue weighted by Crippen LogP contribution is -2.56. The van der Waals surface area contributed by atoms with Gasteiger partial charge in [-0.1, -0.05) is 31.9 Å². The molecule has 0 aliphatic rings. The van der Waals surface area contributed by atoms with Crippen molar-refractivity contribution in [3.8, 4) is 11.1 Å². The Morgan fingerprint density at radius 3 is 2.04 bits per heavy atom. The number of rotatable bonds is 4. The maximum Gasteiger partial charge on any atom is 0.461 e. The van der Waals surface area contributed by atoms with Crippen molar-refractivity contribution in [2.75, 3.05) is 0 Å². The Morgan fingerprint density at radius 2 is 1.54 bits per heavy atom. The molecule has 154 valence electrons. The minimum Gasteiger partial charge on any atom is -0.228 e. The van der Waals surface area contributed by atoms with E-state index in [1.807, 2.05) is 0 Å². The molecule has 0 spiro atoms. The number of hydrogen-bond acceptors (Lipinski definition) is 3. The molecule has 0 atom stereocenters. The Kier molecular flexibility index (Phi) is 5.92. The molecule has 0 saturated carbocycles. The summed E-state index contributed by atoms with van der Waals surface area (Å²) in [5, 5.41) is -6.59. The number of aromatic nitrogens is 1. The van der Waals surface area contributed by atoms with Crippen molar-refractivity contribution < 1.29 is 43.5 Å². The van der Waals surface area contributed by atoms with E-state index in [-0.39, 0.29) is 8.95 Å². The summed E-state index contributed by atoms with van der Waals surface area (Å²) < 4.78 is 130. The second-order valence-corrected chi connectivity index (χ2v) is 8.92. The quantitative estimate of drug-likeness (QED) is 0.340. The summed E-state index contributed by atoms with van der Waals surface area (Å²) in [6.07, 6.45) is -5.95. The predicted molar refractivity (Wildman–Crippen MR) is 88.2 cm³/mol. The summed E-state index contributed by atoms with van der Waals surface area (Å²) in [6, 6.07) is 3.38. The molecule has 0 unspecified atom stereocenters.